The molecule has 0 radical (unpaired) electrons. The Hall–Kier alpha value is -1.84. The van der Waals surface area contributed by atoms with Crippen LogP contribution in [0.3, 0.4) is 0 Å². The molecule has 0 bridgehead atoms. The minimum atomic E-state index is -0.417. The highest BCUT2D eigenvalue weighted by Crippen LogP contribution is 2.23. The maximum Gasteiger partial charge on any atom is 0.250 e. The summed E-state index contributed by atoms with van der Waals surface area (Å²) in [5.74, 6) is -0.417. The Kier molecular flexibility index (Phi) is 1.73. The van der Waals surface area contributed by atoms with Gasteiger partial charge in [0.1, 0.15) is 0 Å². The molecule has 0 spiro atoms. The Labute approximate surface area is 75.5 Å². The Bertz CT molecular complexity index is 384. The number of carbonyl (C=O) groups excluding carboxylic acids is 1. The van der Waals surface area contributed by atoms with Gasteiger partial charge >= 0.3 is 0 Å². The molecular formula is C9H9N3O. The molecule has 3 N–H and O–H groups in total. The Morgan fingerprint density at radius 1 is 1.54 bits per heavy atom. The molecule has 1 aromatic carbocycles. The number of primary amides is 1. The van der Waals surface area contributed by atoms with Crippen molar-refractivity contribution in [3.8, 4) is 0 Å². The molecular weight excluding hydrogens is 166 g/mol. The van der Waals surface area contributed by atoms with Gasteiger partial charge in [0.05, 0.1) is 24.1 Å². The molecule has 0 saturated carbocycles. The number of benzene rings is 1. The fourth-order valence-corrected chi connectivity index (χ4v) is 1.36. The quantitative estimate of drug-likeness (QED) is 0.661. The summed E-state index contributed by atoms with van der Waals surface area (Å²) < 4.78 is 0. The maximum atomic E-state index is 11.0. The second kappa shape index (κ2) is 2.90. The third-order valence-corrected chi connectivity index (χ3v) is 1.98. The minimum Gasteiger partial charge on any atom is -0.366 e. The molecule has 4 nitrogen and oxygen atoms in total. The van der Waals surface area contributed by atoms with E-state index in [1.54, 1.807) is 18.5 Å². The van der Waals surface area contributed by atoms with Gasteiger partial charge in [-0.05, 0) is 11.6 Å². The molecule has 0 aliphatic carbocycles. The number of nitrogens with two attached hydrogens (primary N) is 1. The van der Waals surface area contributed by atoms with E-state index < -0.39 is 5.91 Å². The molecule has 13 heavy (non-hydrogen) atoms. The number of amides is 1. The fourth-order valence-electron chi connectivity index (χ4n) is 1.36. The van der Waals surface area contributed by atoms with E-state index >= 15 is 0 Å². The summed E-state index contributed by atoms with van der Waals surface area (Å²) in [6.45, 7) is 0.601. The van der Waals surface area contributed by atoms with Gasteiger partial charge in [-0.2, -0.15) is 0 Å². The molecule has 0 saturated heterocycles. The van der Waals surface area contributed by atoms with Gasteiger partial charge in [-0.15, -0.1) is 0 Å². The number of carbonyl (C=O) groups is 1. The Morgan fingerprint density at radius 2 is 2.38 bits per heavy atom. The maximum absolute atomic E-state index is 11.0. The van der Waals surface area contributed by atoms with Crippen molar-refractivity contribution < 1.29 is 4.79 Å². The molecule has 1 aromatic rings. The first kappa shape index (κ1) is 7.79. The van der Waals surface area contributed by atoms with Crippen molar-refractivity contribution in [3.63, 3.8) is 0 Å². The first-order valence-electron chi connectivity index (χ1n) is 3.95. The van der Waals surface area contributed by atoms with E-state index in [1.165, 1.54) is 0 Å². The van der Waals surface area contributed by atoms with E-state index in [-0.39, 0.29) is 0 Å². The molecule has 4 heteroatoms. The molecule has 1 aliphatic rings. The van der Waals surface area contributed by atoms with E-state index in [9.17, 15) is 4.79 Å². The summed E-state index contributed by atoms with van der Waals surface area (Å²) in [5.41, 5.74) is 7.51. The zero-order valence-corrected chi connectivity index (χ0v) is 6.95. The summed E-state index contributed by atoms with van der Waals surface area (Å²) in [4.78, 5) is 15.0. The summed E-state index contributed by atoms with van der Waals surface area (Å²) in [7, 11) is 0. The highest BCUT2D eigenvalue weighted by molar-refractivity contribution is 6.01. The van der Waals surface area contributed by atoms with Crippen LogP contribution in [-0.2, 0) is 6.54 Å². The number of aliphatic imine (C=N–C) groups is 1. The molecule has 0 aromatic heterocycles. The van der Waals surface area contributed by atoms with Crippen LogP contribution in [-0.4, -0.2) is 12.2 Å². The zero-order chi connectivity index (χ0) is 9.26. The lowest BCUT2D eigenvalue weighted by molar-refractivity contribution is 0.100. The van der Waals surface area contributed by atoms with Gasteiger partial charge in [0.15, 0.2) is 0 Å². The van der Waals surface area contributed by atoms with Crippen molar-refractivity contribution >= 4 is 17.9 Å². The zero-order valence-electron chi connectivity index (χ0n) is 6.95. The monoisotopic (exact) mass is 175 g/mol. The first-order valence-corrected chi connectivity index (χ1v) is 3.95. The van der Waals surface area contributed by atoms with Crippen LogP contribution in [0.5, 0.6) is 0 Å². The second-order valence-electron chi connectivity index (χ2n) is 2.82. The summed E-state index contributed by atoms with van der Waals surface area (Å²) >= 11 is 0. The molecule has 1 heterocycles. The second-order valence-corrected chi connectivity index (χ2v) is 2.82. The third-order valence-electron chi connectivity index (χ3n) is 1.98. The number of para-hydroxylation sites is 1. The van der Waals surface area contributed by atoms with Crippen LogP contribution < -0.4 is 11.1 Å². The first-order chi connectivity index (χ1) is 6.29. The molecule has 0 unspecified atom stereocenters. The number of nitrogens with one attached hydrogen (secondary N) is 1. The van der Waals surface area contributed by atoms with E-state index in [4.69, 9.17) is 5.73 Å². The fraction of sp³-hybridized carbons (Fsp3) is 0.111. The third kappa shape index (κ3) is 1.26. The molecule has 2 rings (SSSR count). The Morgan fingerprint density at radius 3 is 3.15 bits per heavy atom. The van der Waals surface area contributed by atoms with Crippen molar-refractivity contribution in [2.75, 3.05) is 5.32 Å². The number of rotatable bonds is 1. The van der Waals surface area contributed by atoms with E-state index in [2.05, 4.69) is 10.3 Å². The van der Waals surface area contributed by atoms with Gasteiger partial charge < -0.3 is 11.1 Å². The number of nitrogens with zero attached hydrogens (tertiary/aromatic N) is 1. The Balaban J connectivity index is 2.55. The van der Waals surface area contributed by atoms with Crippen LogP contribution in [0.25, 0.3) is 0 Å². The van der Waals surface area contributed by atoms with Gasteiger partial charge in [0.25, 0.3) is 5.91 Å². The van der Waals surface area contributed by atoms with Gasteiger partial charge in [-0.3, -0.25) is 9.79 Å². The van der Waals surface area contributed by atoms with Crippen molar-refractivity contribution in [2.24, 2.45) is 10.7 Å². The number of fused-ring (bicyclic) bond motifs is 1. The largest absolute Gasteiger partial charge is 0.366 e. The lowest BCUT2D eigenvalue weighted by Gasteiger charge is -2.14. The molecule has 1 aliphatic heterocycles. The van der Waals surface area contributed by atoms with Crippen LogP contribution in [0.2, 0.25) is 0 Å². The van der Waals surface area contributed by atoms with E-state index in [0.29, 0.717) is 12.1 Å². The van der Waals surface area contributed by atoms with Gasteiger partial charge in [0, 0.05) is 0 Å². The van der Waals surface area contributed by atoms with Crippen molar-refractivity contribution in [1.82, 2.24) is 0 Å². The average Bonchev–Trinajstić information content (AvgIpc) is 2.17. The summed E-state index contributed by atoms with van der Waals surface area (Å²) in [6, 6.07) is 5.43. The number of anilines is 1. The minimum absolute atomic E-state index is 0.417. The van der Waals surface area contributed by atoms with Crippen LogP contribution >= 0.6 is 0 Å². The van der Waals surface area contributed by atoms with Gasteiger partial charge in [-0.1, -0.05) is 12.1 Å². The molecule has 66 valence electrons. The van der Waals surface area contributed by atoms with Gasteiger partial charge in [0.2, 0.25) is 0 Å². The summed E-state index contributed by atoms with van der Waals surface area (Å²) in [6.07, 6.45) is 1.58. The average molecular weight is 175 g/mol. The van der Waals surface area contributed by atoms with E-state index in [0.717, 1.165) is 11.3 Å². The smallest absolute Gasteiger partial charge is 0.250 e. The number of hydrogen-bond acceptors (Lipinski definition) is 3. The molecule has 1 amide bonds. The normalized spacial score (nSPS) is 13.2. The SMILES string of the molecule is NC(=O)c1cccc2c1NC=NC2. The number of hydrogen-bond donors (Lipinski definition) is 2. The van der Waals surface area contributed by atoms with E-state index in [1.807, 2.05) is 6.07 Å². The predicted molar refractivity (Wildman–Crippen MR) is 50.8 cm³/mol. The van der Waals surface area contributed by atoms with Crippen LogP contribution in [0, 0.1) is 0 Å². The van der Waals surface area contributed by atoms with Gasteiger partial charge in [-0.25, -0.2) is 0 Å². The van der Waals surface area contributed by atoms with Crippen LogP contribution in [0.1, 0.15) is 15.9 Å². The molecule has 0 atom stereocenters. The topological polar surface area (TPSA) is 67.5 Å². The lowest BCUT2D eigenvalue weighted by Crippen LogP contribution is -2.16. The highest BCUT2D eigenvalue weighted by Gasteiger charge is 2.12. The standard InChI is InChI=1S/C9H9N3O/c10-9(13)7-3-1-2-6-4-11-5-12-8(6)7/h1-3,5H,4H2,(H2,10,13)(H,11,12). The van der Waals surface area contributed by atoms with Crippen LogP contribution in [0.15, 0.2) is 23.2 Å². The highest BCUT2D eigenvalue weighted by atomic mass is 16.1. The van der Waals surface area contributed by atoms with Crippen LogP contribution in [0.4, 0.5) is 5.69 Å². The summed E-state index contributed by atoms with van der Waals surface area (Å²) in [5, 5.41) is 2.92. The lowest BCUT2D eigenvalue weighted by atomic mass is 10.1. The van der Waals surface area contributed by atoms with Crippen molar-refractivity contribution in [2.45, 2.75) is 6.54 Å². The van der Waals surface area contributed by atoms with Crippen molar-refractivity contribution in [1.29, 1.82) is 0 Å². The molecule has 0 fully saturated rings. The predicted octanol–water partition coefficient (Wildman–Crippen LogP) is 0.739. The van der Waals surface area contributed by atoms with Crippen molar-refractivity contribution in [3.05, 3.63) is 29.3 Å².